The Bertz CT molecular complexity index is 1100. The van der Waals surface area contributed by atoms with E-state index in [4.69, 9.17) is 16.7 Å². The van der Waals surface area contributed by atoms with Crippen LogP contribution in [0.15, 0.2) is 66.7 Å². The Kier molecular flexibility index (Phi) is 4.65. The Hall–Kier alpha value is -3.11. The van der Waals surface area contributed by atoms with Crippen molar-refractivity contribution in [2.24, 2.45) is 0 Å². The lowest BCUT2D eigenvalue weighted by Gasteiger charge is -2.07. The molecule has 134 valence electrons. The molecule has 5 heteroatoms. The molecule has 4 aromatic rings. The number of halogens is 1. The highest BCUT2D eigenvalue weighted by Crippen LogP contribution is 2.33. The van der Waals surface area contributed by atoms with Gasteiger partial charge in [-0.05, 0) is 28.8 Å². The van der Waals surface area contributed by atoms with Gasteiger partial charge in [-0.25, -0.2) is 4.98 Å². The number of rotatable bonds is 5. The monoisotopic (exact) mass is 376 g/mol. The van der Waals surface area contributed by atoms with E-state index in [0.29, 0.717) is 17.3 Å². The Balaban J connectivity index is 1.66. The minimum absolute atomic E-state index is 0.0430. The summed E-state index contributed by atoms with van der Waals surface area (Å²) < 4.78 is 0. The molecule has 0 bridgehead atoms. The summed E-state index contributed by atoms with van der Waals surface area (Å²) in [6, 6.07) is 22.2. The maximum atomic E-state index is 10.7. The zero-order valence-corrected chi connectivity index (χ0v) is 15.2. The number of nitrogens with zero attached hydrogens (tertiary/aromatic N) is 1. The quantitative estimate of drug-likeness (QED) is 0.478. The van der Waals surface area contributed by atoms with Crippen LogP contribution in [0.2, 0.25) is 5.02 Å². The Morgan fingerprint density at radius 1 is 0.963 bits per heavy atom. The van der Waals surface area contributed by atoms with Gasteiger partial charge in [-0.3, -0.25) is 4.79 Å². The number of carboxylic acid groups (broad SMARTS) is 1. The zero-order valence-electron chi connectivity index (χ0n) is 14.4. The number of aromatic nitrogens is 2. The van der Waals surface area contributed by atoms with Crippen molar-refractivity contribution in [1.82, 2.24) is 9.97 Å². The first kappa shape index (κ1) is 17.3. The molecular weight excluding hydrogens is 360 g/mol. The van der Waals surface area contributed by atoms with Gasteiger partial charge < -0.3 is 10.1 Å². The van der Waals surface area contributed by atoms with Crippen LogP contribution >= 0.6 is 11.6 Å². The molecule has 2 N–H and O–H groups in total. The number of aromatic amines is 1. The van der Waals surface area contributed by atoms with E-state index in [1.165, 1.54) is 5.56 Å². The summed E-state index contributed by atoms with van der Waals surface area (Å²) in [6.45, 7) is 0. The van der Waals surface area contributed by atoms with Crippen LogP contribution in [-0.2, 0) is 11.2 Å². The maximum Gasteiger partial charge on any atom is 0.303 e. The van der Waals surface area contributed by atoms with Gasteiger partial charge >= 0.3 is 5.97 Å². The molecule has 0 spiro atoms. The van der Waals surface area contributed by atoms with Crippen molar-refractivity contribution >= 4 is 28.6 Å². The van der Waals surface area contributed by atoms with Crippen molar-refractivity contribution in [1.29, 1.82) is 0 Å². The fraction of sp³-hybridized carbons (Fsp3) is 0.0909. The lowest BCUT2D eigenvalue weighted by molar-refractivity contribution is -0.137. The molecule has 0 atom stereocenters. The molecule has 0 radical (unpaired) electrons. The molecule has 0 aliphatic heterocycles. The standard InChI is InChI=1S/C22H17ClN2O2/c23-18-13-20-19(24-21(25-20)10-11-22(26)27)12-17(18)16-8-6-15(7-9-16)14-4-2-1-3-5-14/h1-9,12-13H,10-11H2,(H,24,25)(H,26,27). The fourth-order valence-electron chi connectivity index (χ4n) is 3.12. The second-order valence-corrected chi connectivity index (χ2v) is 6.78. The first-order chi connectivity index (χ1) is 13.1. The van der Waals surface area contributed by atoms with E-state index in [1.807, 2.05) is 42.5 Å². The molecule has 0 saturated carbocycles. The second-order valence-electron chi connectivity index (χ2n) is 6.37. The van der Waals surface area contributed by atoms with E-state index in [-0.39, 0.29) is 6.42 Å². The van der Waals surface area contributed by atoms with E-state index in [1.54, 1.807) is 0 Å². The number of nitrogens with one attached hydrogen (secondary N) is 1. The normalized spacial score (nSPS) is 11.0. The lowest BCUT2D eigenvalue weighted by Crippen LogP contribution is -1.98. The fourth-order valence-corrected chi connectivity index (χ4v) is 3.39. The van der Waals surface area contributed by atoms with Crippen molar-refractivity contribution in [3.05, 3.63) is 77.6 Å². The number of imidazole rings is 1. The van der Waals surface area contributed by atoms with E-state index in [2.05, 4.69) is 34.2 Å². The molecule has 4 rings (SSSR count). The number of aliphatic carboxylic acids is 1. The molecule has 0 saturated heterocycles. The van der Waals surface area contributed by atoms with Gasteiger partial charge in [0.1, 0.15) is 5.82 Å². The van der Waals surface area contributed by atoms with Gasteiger partial charge in [0.15, 0.2) is 0 Å². The molecule has 1 aromatic heterocycles. The highest BCUT2D eigenvalue weighted by molar-refractivity contribution is 6.34. The summed E-state index contributed by atoms with van der Waals surface area (Å²) in [6.07, 6.45) is 0.407. The first-order valence-electron chi connectivity index (χ1n) is 8.66. The topological polar surface area (TPSA) is 66.0 Å². The molecular formula is C22H17ClN2O2. The SMILES string of the molecule is O=C(O)CCc1nc2cc(-c3ccc(-c4ccccc4)cc3)c(Cl)cc2[nH]1. The molecule has 0 unspecified atom stereocenters. The van der Waals surface area contributed by atoms with E-state index >= 15 is 0 Å². The van der Waals surface area contributed by atoms with Crippen LogP contribution in [0.4, 0.5) is 0 Å². The number of carbonyl (C=O) groups is 1. The molecule has 0 aliphatic carbocycles. The summed E-state index contributed by atoms with van der Waals surface area (Å²) in [4.78, 5) is 18.4. The number of fused-ring (bicyclic) bond motifs is 1. The van der Waals surface area contributed by atoms with Crippen LogP contribution < -0.4 is 0 Å². The van der Waals surface area contributed by atoms with Gasteiger partial charge in [-0.2, -0.15) is 0 Å². The average Bonchev–Trinajstić information content (AvgIpc) is 3.08. The van der Waals surface area contributed by atoms with Crippen molar-refractivity contribution in [2.75, 3.05) is 0 Å². The molecule has 3 aromatic carbocycles. The molecule has 27 heavy (non-hydrogen) atoms. The van der Waals surface area contributed by atoms with Crippen LogP contribution in [-0.4, -0.2) is 21.0 Å². The Morgan fingerprint density at radius 2 is 1.63 bits per heavy atom. The van der Waals surface area contributed by atoms with Crippen LogP contribution in [0.5, 0.6) is 0 Å². The molecule has 0 aliphatic rings. The van der Waals surface area contributed by atoms with E-state index in [9.17, 15) is 4.79 Å². The third kappa shape index (κ3) is 3.71. The van der Waals surface area contributed by atoms with Crippen LogP contribution in [0, 0.1) is 0 Å². The van der Waals surface area contributed by atoms with Gasteiger partial charge in [-0.15, -0.1) is 0 Å². The van der Waals surface area contributed by atoms with Gasteiger partial charge in [0.05, 0.1) is 22.5 Å². The van der Waals surface area contributed by atoms with Crippen LogP contribution in [0.25, 0.3) is 33.3 Å². The summed E-state index contributed by atoms with van der Waals surface area (Å²) in [5.41, 5.74) is 5.82. The summed E-state index contributed by atoms with van der Waals surface area (Å²) >= 11 is 6.49. The van der Waals surface area contributed by atoms with Gasteiger partial charge in [-0.1, -0.05) is 66.2 Å². The minimum atomic E-state index is -0.840. The summed E-state index contributed by atoms with van der Waals surface area (Å²) in [5.74, 6) is -0.187. The number of carboxylic acids is 1. The number of hydrogen-bond donors (Lipinski definition) is 2. The number of hydrogen-bond acceptors (Lipinski definition) is 2. The summed E-state index contributed by atoms with van der Waals surface area (Å²) in [7, 11) is 0. The van der Waals surface area contributed by atoms with Crippen molar-refractivity contribution in [2.45, 2.75) is 12.8 Å². The predicted molar refractivity (Wildman–Crippen MR) is 108 cm³/mol. The van der Waals surface area contributed by atoms with E-state index < -0.39 is 5.97 Å². The number of aryl methyl sites for hydroxylation is 1. The minimum Gasteiger partial charge on any atom is -0.481 e. The average molecular weight is 377 g/mol. The third-order valence-electron chi connectivity index (χ3n) is 4.50. The highest BCUT2D eigenvalue weighted by atomic mass is 35.5. The highest BCUT2D eigenvalue weighted by Gasteiger charge is 2.11. The second kappa shape index (κ2) is 7.25. The van der Waals surface area contributed by atoms with Crippen molar-refractivity contribution in [3.8, 4) is 22.3 Å². The number of benzene rings is 3. The predicted octanol–water partition coefficient (Wildman–Crippen LogP) is 5.57. The summed E-state index contributed by atoms with van der Waals surface area (Å²) in [5, 5.41) is 9.46. The van der Waals surface area contributed by atoms with Gasteiger partial charge in [0, 0.05) is 12.0 Å². The molecule has 0 amide bonds. The van der Waals surface area contributed by atoms with Crippen molar-refractivity contribution in [3.63, 3.8) is 0 Å². The first-order valence-corrected chi connectivity index (χ1v) is 9.04. The van der Waals surface area contributed by atoms with Crippen LogP contribution in [0.1, 0.15) is 12.2 Å². The Labute approximate surface area is 161 Å². The number of H-pyrrole nitrogens is 1. The Morgan fingerprint density at radius 3 is 2.33 bits per heavy atom. The largest absolute Gasteiger partial charge is 0.481 e. The lowest BCUT2D eigenvalue weighted by atomic mass is 10.00. The third-order valence-corrected chi connectivity index (χ3v) is 4.81. The van der Waals surface area contributed by atoms with Crippen LogP contribution in [0.3, 0.4) is 0 Å². The van der Waals surface area contributed by atoms with Crippen molar-refractivity contribution < 1.29 is 9.90 Å². The molecule has 0 fully saturated rings. The maximum absolute atomic E-state index is 10.7. The molecule has 4 nitrogen and oxygen atoms in total. The van der Waals surface area contributed by atoms with Gasteiger partial charge in [0.2, 0.25) is 0 Å². The zero-order chi connectivity index (χ0) is 18.8. The van der Waals surface area contributed by atoms with Gasteiger partial charge in [0.25, 0.3) is 0 Å². The van der Waals surface area contributed by atoms with E-state index in [0.717, 1.165) is 27.7 Å². The molecule has 1 heterocycles. The smallest absolute Gasteiger partial charge is 0.303 e.